The third-order valence-electron chi connectivity index (χ3n) is 6.51. The molecule has 2 aromatic rings. The average molecular weight is 449 g/mol. The lowest BCUT2D eigenvalue weighted by Gasteiger charge is -2.36. The molecule has 1 atom stereocenters. The van der Waals surface area contributed by atoms with Gasteiger partial charge in [0.1, 0.15) is 0 Å². The molecule has 2 heterocycles. The van der Waals surface area contributed by atoms with Gasteiger partial charge in [-0.05, 0) is 54.7 Å². The van der Waals surface area contributed by atoms with Crippen molar-refractivity contribution in [2.75, 3.05) is 30.3 Å². The zero-order valence-corrected chi connectivity index (χ0v) is 19.2. The molecular weight excluding hydrogens is 416 g/mol. The molecule has 174 valence electrons. The highest BCUT2D eigenvalue weighted by Crippen LogP contribution is 2.32. The quantitative estimate of drug-likeness (QED) is 0.719. The maximum Gasteiger partial charge on any atom is 0.321 e. The van der Waals surface area contributed by atoms with Crippen molar-refractivity contribution in [2.24, 2.45) is 0 Å². The minimum Gasteiger partial charge on any atom is -0.335 e. The van der Waals surface area contributed by atoms with Crippen LogP contribution >= 0.6 is 0 Å². The summed E-state index contributed by atoms with van der Waals surface area (Å²) in [7, 11) is 0. The van der Waals surface area contributed by atoms with Crippen LogP contribution in [0, 0.1) is 0 Å². The van der Waals surface area contributed by atoms with Crippen LogP contribution < -0.4 is 10.6 Å². The number of hydrogen-bond acceptors (Lipinski definition) is 3. The number of rotatable bonds is 4. The number of carbonyl (C=O) groups excluding carboxylic acids is 3. The fourth-order valence-electron chi connectivity index (χ4n) is 4.75. The Bertz CT molecular complexity index is 997. The van der Waals surface area contributed by atoms with E-state index >= 15 is 0 Å². The summed E-state index contributed by atoms with van der Waals surface area (Å²) >= 11 is 0. The summed E-state index contributed by atoms with van der Waals surface area (Å²) in [5.74, 6) is -0.170. The summed E-state index contributed by atoms with van der Waals surface area (Å²) in [6.07, 6.45) is 5.45. The third-order valence-corrected chi connectivity index (χ3v) is 6.51. The molecule has 0 unspecified atom stereocenters. The van der Waals surface area contributed by atoms with Crippen LogP contribution in [0.5, 0.6) is 0 Å². The highest BCUT2D eigenvalue weighted by atomic mass is 16.2. The smallest absolute Gasteiger partial charge is 0.321 e. The first-order valence-electron chi connectivity index (χ1n) is 11.8. The minimum atomic E-state index is -0.264. The summed E-state index contributed by atoms with van der Waals surface area (Å²) in [5.41, 5.74) is 3.59. The number of carbonyl (C=O) groups is 3. The number of nitrogens with zero attached hydrogens (tertiary/aromatic N) is 2. The van der Waals surface area contributed by atoms with Gasteiger partial charge in [0, 0.05) is 37.9 Å². The summed E-state index contributed by atoms with van der Waals surface area (Å²) in [4.78, 5) is 41.2. The van der Waals surface area contributed by atoms with Crippen LogP contribution in [0.15, 0.2) is 48.5 Å². The standard InChI is InChI=1S/C26H32N4O3/c1-19(31)30-17-14-20-8-4-5-9-23(20)24(30)18-25(32)27-21-10-12-22(13-11-21)28-26(33)29-15-6-2-3-7-16-29/h4-5,8-13,24H,2-3,6-7,14-18H2,1H3,(H,27,32)(H,28,33)/t24-/m1/s1. The van der Waals surface area contributed by atoms with Crippen molar-refractivity contribution >= 4 is 29.2 Å². The maximum atomic E-state index is 12.8. The molecule has 33 heavy (non-hydrogen) atoms. The largest absolute Gasteiger partial charge is 0.335 e. The molecule has 7 nitrogen and oxygen atoms in total. The van der Waals surface area contributed by atoms with Gasteiger partial charge in [0.05, 0.1) is 12.5 Å². The Hall–Kier alpha value is -3.35. The van der Waals surface area contributed by atoms with E-state index in [2.05, 4.69) is 16.7 Å². The predicted molar refractivity (Wildman–Crippen MR) is 129 cm³/mol. The van der Waals surface area contributed by atoms with Crippen molar-refractivity contribution in [1.29, 1.82) is 0 Å². The molecule has 0 radical (unpaired) electrons. The van der Waals surface area contributed by atoms with Crippen molar-refractivity contribution in [2.45, 2.75) is 51.5 Å². The first kappa shape index (κ1) is 22.8. The zero-order chi connectivity index (χ0) is 23.2. The molecule has 0 saturated carbocycles. The van der Waals surface area contributed by atoms with Crippen LogP contribution in [-0.2, 0) is 16.0 Å². The van der Waals surface area contributed by atoms with Crippen molar-refractivity contribution in [3.8, 4) is 0 Å². The van der Waals surface area contributed by atoms with Gasteiger partial charge in [0.15, 0.2) is 0 Å². The number of hydrogen-bond donors (Lipinski definition) is 2. The van der Waals surface area contributed by atoms with Gasteiger partial charge in [-0.1, -0.05) is 37.1 Å². The molecule has 7 heteroatoms. The van der Waals surface area contributed by atoms with E-state index in [1.165, 1.54) is 18.4 Å². The van der Waals surface area contributed by atoms with E-state index in [-0.39, 0.29) is 30.3 Å². The van der Waals surface area contributed by atoms with Gasteiger partial charge in [-0.25, -0.2) is 4.79 Å². The van der Waals surface area contributed by atoms with Crippen LogP contribution in [-0.4, -0.2) is 47.3 Å². The zero-order valence-electron chi connectivity index (χ0n) is 19.2. The Morgan fingerprint density at radius 3 is 2.15 bits per heavy atom. The summed E-state index contributed by atoms with van der Waals surface area (Å²) in [6, 6.07) is 14.8. The SMILES string of the molecule is CC(=O)N1CCc2ccccc2[C@H]1CC(=O)Nc1ccc(NC(=O)N2CCCCCC2)cc1. The van der Waals surface area contributed by atoms with Gasteiger partial charge in [-0.2, -0.15) is 0 Å². The van der Waals surface area contributed by atoms with Crippen molar-refractivity contribution in [3.63, 3.8) is 0 Å². The maximum absolute atomic E-state index is 12.8. The molecule has 0 aliphatic carbocycles. The summed E-state index contributed by atoms with van der Waals surface area (Å²) < 4.78 is 0. The van der Waals surface area contributed by atoms with E-state index in [1.807, 2.05) is 23.1 Å². The highest BCUT2D eigenvalue weighted by molar-refractivity contribution is 5.93. The fourth-order valence-corrected chi connectivity index (χ4v) is 4.75. The van der Waals surface area contributed by atoms with Crippen molar-refractivity contribution < 1.29 is 14.4 Å². The second-order valence-electron chi connectivity index (χ2n) is 8.84. The van der Waals surface area contributed by atoms with Crippen molar-refractivity contribution in [3.05, 3.63) is 59.7 Å². The van der Waals surface area contributed by atoms with E-state index < -0.39 is 0 Å². The number of benzene rings is 2. The monoisotopic (exact) mass is 448 g/mol. The molecule has 1 fully saturated rings. The lowest BCUT2D eigenvalue weighted by molar-refractivity contribution is -0.132. The van der Waals surface area contributed by atoms with E-state index in [4.69, 9.17) is 0 Å². The van der Waals surface area contributed by atoms with Gasteiger partial charge in [-0.15, -0.1) is 0 Å². The number of likely N-dealkylation sites (tertiary alicyclic amines) is 1. The number of nitrogens with one attached hydrogen (secondary N) is 2. The molecule has 0 spiro atoms. The summed E-state index contributed by atoms with van der Waals surface area (Å²) in [5, 5.41) is 5.88. The van der Waals surface area contributed by atoms with Gasteiger partial charge in [0.25, 0.3) is 0 Å². The van der Waals surface area contributed by atoms with Crippen LogP contribution in [0.4, 0.5) is 16.2 Å². The van der Waals surface area contributed by atoms with E-state index in [0.29, 0.717) is 17.9 Å². The van der Waals surface area contributed by atoms with E-state index in [1.54, 1.807) is 36.1 Å². The van der Waals surface area contributed by atoms with Crippen LogP contribution in [0.25, 0.3) is 0 Å². The molecule has 1 saturated heterocycles. The van der Waals surface area contributed by atoms with Gasteiger partial charge < -0.3 is 20.4 Å². The Labute approximate surface area is 195 Å². The molecule has 0 bridgehead atoms. The first-order chi connectivity index (χ1) is 16.0. The Kier molecular flexibility index (Phi) is 7.27. The van der Waals surface area contributed by atoms with Crippen molar-refractivity contribution in [1.82, 2.24) is 9.80 Å². The predicted octanol–water partition coefficient (Wildman–Crippen LogP) is 4.57. The van der Waals surface area contributed by atoms with Crippen LogP contribution in [0.2, 0.25) is 0 Å². The molecule has 2 aliphatic rings. The molecule has 2 aromatic carbocycles. The van der Waals surface area contributed by atoms with Gasteiger partial charge in [-0.3, -0.25) is 9.59 Å². The second kappa shape index (κ2) is 10.5. The van der Waals surface area contributed by atoms with Crippen LogP contribution in [0.1, 0.15) is 56.2 Å². The van der Waals surface area contributed by atoms with Gasteiger partial charge >= 0.3 is 6.03 Å². The topological polar surface area (TPSA) is 81.8 Å². The minimum absolute atomic E-state index is 0.0215. The normalized spacial score (nSPS) is 18.2. The number of amides is 4. The molecule has 0 aromatic heterocycles. The van der Waals surface area contributed by atoms with E-state index in [0.717, 1.165) is 37.9 Å². The first-order valence-corrected chi connectivity index (χ1v) is 11.8. The lowest BCUT2D eigenvalue weighted by atomic mass is 9.90. The number of anilines is 2. The fraction of sp³-hybridized carbons (Fsp3) is 0.423. The molecular formula is C26H32N4O3. The summed E-state index contributed by atoms with van der Waals surface area (Å²) in [6.45, 7) is 3.76. The van der Waals surface area contributed by atoms with Crippen LogP contribution in [0.3, 0.4) is 0 Å². The third kappa shape index (κ3) is 5.72. The molecule has 4 rings (SSSR count). The van der Waals surface area contributed by atoms with E-state index in [9.17, 15) is 14.4 Å². The second-order valence-corrected chi connectivity index (χ2v) is 8.84. The Morgan fingerprint density at radius 2 is 1.48 bits per heavy atom. The highest BCUT2D eigenvalue weighted by Gasteiger charge is 2.30. The Morgan fingerprint density at radius 1 is 0.848 bits per heavy atom. The lowest BCUT2D eigenvalue weighted by Crippen LogP contribution is -2.40. The molecule has 2 aliphatic heterocycles. The number of urea groups is 1. The molecule has 2 N–H and O–H groups in total. The number of fused-ring (bicyclic) bond motifs is 1. The Balaban J connectivity index is 1.36. The van der Waals surface area contributed by atoms with Gasteiger partial charge in [0.2, 0.25) is 11.8 Å². The molecule has 4 amide bonds. The average Bonchev–Trinajstić information content (AvgIpc) is 3.10.